The zero-order valence-corrected chi connectivity index (χ0v) is 19.6. The third kappa shape index (κ3) is 4.21. The number of nitrogens with zero attached hydrogens (tertiary/aromatic N) is 1. The van der Waals surface area contributed by atoms with Gasteiger partial charge in [-0.3, -0.25) is 14.2 Å². The molecular weight excluding hydrogens is 452 g/mol. The van der Waals surface area contributed by atoms with E-state index in [2.05, 4.69) is 5.32 Å². The number of para-hydroxylation sites is 1. The van der Waals surface area contributed by atoms with E-state index in [1.807, 2.05) is 84.9 Å². The minimum atomic E-state index is -0.311. The van der Waals surface area contributed by atoms with Crippen LogP contribution in [0.1, 0.15) is 16.4 Å². The first-order valence-electron chi connectivity index (χ1n) is 10.6. The van der Waals surface area contributed by atoms with E-state index < -0.39 is 0 Å². The first-order valence-corrected chi connectivity index (χ1v) is 12.4. The smallest absolute Gasteiger partial charge is 0.312 e. The average Bonchev–Trinajstić information content (AvgIpc) is 3.20. The summed E-state index contributed by atoms with van der Waals surface area (Å²) in [6.07, 6.45) is 0. The minimum absolute atomic E-state index is 0.0316. The van der Waals surface area contributed by atoms with Crippen molar-refractivity contribution in [3.05, 3.63) is 105 Å². The Balaban J connectivity index is 1.54. The first kappa shape index (κ1) is 21.6. The second-order valence-corrected chi connectivity index (χ2v) is 9.73. The van der Waals surface area contributed by atoms with Gasteiger partial charge in [0.2, 0.25) is 5.91 Å². The molecular formula is C26H22N2O3S2. The van der Waals surface area contributed by atoms with Crippen LogP contribution >= 0.6 is 23.1 Å². The average molecular weight is 475 g/mol. The summed E-state index contributed by atoms with van der Waals surface area (Å²) in [7, 11) is 1.61. The van der Waals surface area contributed by atoms with Crippen molar-refractivity contribution in [3.63, 3.8) is 0 Å². The summed E-state index contributed by atoms with van der Waals surface area (Å²) in [5.74, 6) is 0.759. The van der Waals surface area contributed by atoms with Crippen molar-refractivity contribution in [3.8, 4) is 11.4 Å². The molecule has 0 spiro atoms. The molecule has 5 rings (SSSR count). The normalized spacial score (nSPS) is 17.2. The van der Waals surface area contributed by atoms with E-state index in [9.17, 15) is 9.59 Å². The Morgan fingerprint density at radius 2 is 1.64 bits per heavy atom. The number of rotatable bonds is 5. The number of hydrogen-bond donors (Lipinski definition) is 1. The number of amides is 1. The van der Waals surface area contributed by atoms with Gasteiger partial charge in [0.25, 0.3) is 0 Å². The van der Waals surface area contributed by atoms with E-state index >= 15 is 0 Å². The lowest BCUT2D eigenvalue weighted by molar-refractivity contribution is -0.119. The van der Waals surface area contributed by atoms with Crippen LogP contribution in [0.3, 0.4) is 0 Å². The maximum atomic E-state index is 13.4. The number of ether oxygens (including phenoxy) is 1. The number of aromatic nitrogens is 1. The Kier molecular flexibility index (Phi) is 6.07. The lowest BCUT2D eigenvalue weighted by Crippen LogP contribution is -2.33. The highest BCUT2D eigenvalue weighted by atomic mass is 32.2. The summed E-state index contributed by atoms with van der Waals surface area (Å²) >= 11 is 2.81. The Hall–Kier alpha value is -3.29. The minimum Gasteiger partial charge on any atom is -0.497 e. The molecule has 0 unspecified atom stereocenters. The van der Waals surface area contributed by atoms with Crippen LogP contribution in [0.5, 0.6) is 5.75 Å². The lowest BCUT2D eigenvalue weighted by Gasteiger charge is -2.31. The topological polar surface area (TPSA) is 60.3 Å². The third-order valence-corrected chi connectivity index (χ3v) is 8.10. The zero-order valence-electron chi connectivity index (χ0n) is 17.9. The zero-order chi connectivity index (χ0) is 22.8. The molecule has 3 aromatic carbocycles. The van der Waals surface area contributed by atoms with Gasteiger partial charge in [-0.15, -0.1) is 11.8 Å². The van der Waals surface area contributed by atoms with Gasteiger partial charge in [-0.25, -0.2) is 0 Å². The molecule has 1 aromatic heterocycles. The first-order chi connectivity index (χ1) is 16.2. The highest BCUT2D eigenvalue weighted by Crippen LogP contribution is 2.47. The molecule has 1 aliphatic heterocycles. The third-order valence-electron chi connectivity index (χ3n) is 5.75. The Labute approximate surface area is 200 Å². The van der Waals surface area contributed by atoms with Gasteiger partial charge in [0.1, 0.15) is 5.75 Å². The van der Waals surface area contributed by atoms with Gasteiger partial charge >= 0.3 is 4.87 Å². The number of benzene rings is 3. The summed E-state index contributed by atoms with van der Waals surface area (Å²) in [6.45, 7) is 0. The predicted molar refractivity (Wildman–Crippen MR) is 134 cm³/mol. The molecule has 0 aliphatic carbocycles. The molecule has 1 N–H and O–H groups in total. The van der Waals surface area contributed by atoms with Crippen molar-refractivity contribution >= 4 is 34.7 Å². The van der Waals surface area contributed by atoms with Crippen molar-refractivity contribution in [1.82, 2.24) is 4.57 Å². The van der Waals surface area contributed by atoms with Crippen molar-refractivity contribution in [2.24, 2.45) is 5.92 Å². The quantitative estimate of drug-likeness (QED) is 0.421. The summed E-state index contributed by atoms with van der Waals surface area (Å²) < 4.78 is 6.98. The number of thiazole rings is 1. The maximum absolute atomic E-state index is 13.4. The van der Waals surface area contributed by atoms with Crippen LogP contribution < -0.4 is 14.9 Å². The molecule has 2 atom stereocenters. The SMILES string of the molecule is COc1ccc(NC(=O)[C@H]2CSc3c(sc(=O)n3-c3ccccc3)[C@@H]2c2ccccc2)cc1. The summed E-state index contributed by atoms with van der Waals surface area (Å²) in [4.78, 5) is 27.4. The van der Waals surface area contributed by atoms with Crippen molar-refractivity contribution < 1.29 is 9.53 Å². The van der Waals surface area contributed by atoms with Gasteiger partial charge < -0.3 is 10.1 Å². The number of nitrogens with one attached hydrogen (secondary N) is 1. The van der Waals surface area contributed by atoms with Gasteiger partial charge in [-0.05, 0) is 42.0 Å². The molecule has 2 heterocycles. The van der Waals surface area contributed by atoms with Crippen LogP contribution in [0.4, 0.5) is 5.69 Å². The highest BCUT2D eigenvalue weighted by molar-refractivity contribution is 7.99. The summed E-state index contributed by atoms with van der Waals surface area (Å²) in [5, 5.41) is 3.99. The second kappa shape index (κ2) is 9.29. The maximum Gasteiger partial charge on any atom is 0.312 e. The molecule has 0 saturated heterocycles. The molecule has 4 aromatic rings. The van der Waals surface area contributed by atoms with E-state index in [4.69, 9.17) is 4.74 Å². The largest absolute Gasteiger partial charge is 0.497 e. The standard InChI is InChI=1S/C26H22N2O3S2/c1-31-20-14-12-18(13-15-20)27-24(29)21-16-32-25-23(22(21)17-8-4-2-5-9-17)33-26(30)28(25)19-10-6-3-7-11-19/h2-15,21-22H,16H2,1H3,(H,27,29)/t21-,22+/m0/s1. The van der Waals surface area contributed by atoms with Gasteiger partial charge in [0.15, 0.2) is 0 Å². The fourth-order valence-corrected chi connectivity index (χ4v) is 6.85. The molecule has 0 fully saturated rings. The number of carbonyl (C=O) groups is 1. The highest BCUT2D eigenvalue weighted by Gasteiger charge is 2.39. The van der Waals surface area contributed by atoms with Crippen LogP contribution in [0, 0.1) is 5.92 Å². The fraction of sp³-hybridized carbons (Fsp3) is 0.154. The number of carbonyl (C=O) groups excluding carboxylic acids is 1. The summed E-state index contributed by atoms with van der Waals surface area (Å²) in [5.41, 5.74) is 2.61. The predicted octanol–water partition coefficient (Wildman–Crippen LogP) is 5.40. The molecule has 33 heavy (non-hydrogen) atoms. The van der Waals surface area contributed by atoms with Gasteiger partial charge in [0.05, 0.1) is 23.7 Å². The number of thioether (sulfide) groups is 1. The van der Waals surface area contributed by atoms with Crippen LogP contribution in [-0.2, 0) is 4.79 Å². The molecule has 5 nitrogen and oxygen atoms in total. The van der Waals surface area contributed by atoms with Crippen LogP contribution in [0.15, 0.2) is 94.7 Å². The van der Waals surface area contributed by atoms with Crippen molar-refractivity contribution in [2.75, 3.05) is 18.2 Å². The monoisotopic (exact) mass is 474 g/mol. The fourth-order valence-electron chi connectivity index (χ4n) is 4.14. The van der Waals surface area contributed by atoms with E-state index in [-0.39, 0.29) is 22.6 Å². The molecule has 1 amide bonds. The molecule has 166 valence electrons. The van der Waals surface area contributed by atoms with Gasteiger partial charge in [-0.2, -0.15) is 0 Å². The number of fused-ring (bicyclic) bond motifs is 1. The van der Waals surface area contributed by atoms with Crippen LogP contribution in [-0.4, -0.2) is 23.3 Å². The van der Waals surface area contributed by atoms with E-state index in [1.54, 1.807) is 23.4 Å². The molecule has 0 radical (unpaired) electrons. The van der Waals surface area contributed by atoms with Crippen LogP contribution in [0.25, 0.3) is 5.69 Å². The Bertz CT molecular complexity index is 1320. The molecule has 0 bridgehead atoms. The second-order valence-electron chi connectivity index (χ2n) is 7.73. The van der Waals surface area contributed by atoms with Crippen molar-refractivity contribution in [2.45, 2.75) is 10.9 Å². The number of hydrogen-bond acceptors (Lipinski definition) is 5. The van der Waals surface area contributed by atoms with E-state index in [0.717, 1.165) is 32.6 Å². The summed E-state index contributed by atoms with van der Waals surface area (Å²) in [6, 6.07) is 27.0. The number of anilines is 1. The molecule has 1 aliphatic rings. The molecule has 7 heteroatoms. The van der Waals surface area contributed by atoms with Crippen molar-refractivity contribution in [1.29, 1.82) is 0 Å². The molecule has 0 saturated carbocycles. The van der Waals surface area contributed by atoms with Gasteiger partial charge in [-0.1, -0.05) is 59.9 Å². The number of methoxy groups -OCH3 is 1. The Morgan fingerprint density at radius 3 is 2.30 bits per heavy atom. The lowest BCUT2D eigenvalue weighted by atomic mass is 9.85. The van der Waals surface area contributed by atoms with E-state index in [0.29, 0.717) is 5.75 Å². The van der Waals surface area contributed by atoms with Crippen LogP contribution in [0.2, 0.25) is 0 Å². The Morgan fingerprint density at radius 1 is 0.970 bits per heavy atom. The van der Waals surface area contributed by atoms with Gasteiger partial charge in [0, 0.05) is 22.2 Å². The van der Waals surface area contributed by atoms with E-state index in [1.165, 1.54) is 11.3 Å².